The number of methoxy groups -OCH3 is 1. The summed E-state index contributed by atoms with van der Waals surface area (Å²) in [5, 5.41) is 2.15. The second kappa shape index (κ2) is 8.68. The highest BCUT2D eigenvalue weighted by atomic mass is 32.2. The fourth-order valence-corrected chi connectivity index (χ4v) is 5.29. The van der Waals surface area contributed by atoms with E-state index in [0.29, 0.717) is 17.0 Å². The molecule has 0 spiro atoms. The van der Waals surface area contributed by atoms with Crippen LogP contribution in [0.15, 0.2) is 102 Å². The molecular formula is C27H23N3O3S. The van der Waals surface area contributed by atoms with Gasteiger partial charge in [-0.15, -0.1) is 0 Å². The van der Waals surface area contributed by atoms with Crippen molar-refractivity contribution >= 4 is 26.5 Å². The number of ether oxygens (including phenoxy) is 1. The fourth-order valence-electron chi connectivity index (χ4n) is 4.01. The lowest BCUT2D eigenvalue weighted by molar-refractivity contribution is 0.413. The van der Waals surface area contributed by atoms with Gasteiger partial charge in [-0.25, -0.2) is 13.4 Å². The smallest absolute Gasteiger partial charge is 0.262 e. The van der Waals surface area contributed by atoms with E-state index in [4.69, 9.17) is 4.74 Å². The van der Waals surface area contributed by atoms with Gasteiger partial charge < -0.3 is 9.30 Å². The zero-order valence-electron chi connectivity index (χ0n) is 18.8. The van der Waals surface area contributed by atoms with Crippen molar-refractivity contribution in [3.63, 3.8) is 0 Å². The van der Waals surface area contributed by atoms with Gasteiger partial charge in [-0.3, -0.25) is 4.72 Å². The molecule has 170 valence electrons. The summed E-state index contributed by atoms with van der Waals surface area (Å²) in [7, 11) is -2.32. The van der Waals surface area contributed by atoms with Crippen molar-refractivity contribution in [1.82, 2.24) is 9.55 Å². The summed E-state index contributed by atoms with van der Waals surface area (Å²) in [5.74, 6) is 0.528. The summed E-state index contributed by atoms with van der Waals surface area (Å²) in [6.07, 6.45) is 3.57. The monoisotopic (exact) mass is 469 g/mol. The van der Waals surface area contributed by atoms with E-state index < -0.39 is 10.0 Å². The molecule has 5 aromatic rings. The molecule has 0 aliphatic rings. The van der Waals surface area contributed by atoms with E-state index in [1.807, 2.05) is 72.3 Å². The van der Waals surface area contributed by atoms with E-state index in [9.17, 15) is 8.42 Å². The fraction of sp³-hybridized carbons (Fsp3) is 0.0741. The SMILES string of the molecule is COc1cc(NS(=O)(=O)c2ccccc2-c2ccc3ccccc3c2)ccc1-n1cnc(C)c1. The minimum Gasteiger partial charge on any atom is -0.494 e. The predicted octanol–water partition coefficient (Wildman–Crippen LogP) is 5.81. The van der Waals surface area contributed by atoms with E-state index in [0.717, 1.165) is 27.7 Å². The van der Waals surface area contributed by atoms with Gasteiger partial charge in [-0.2, -0.15) is 0 Å². The van der Waals surface area contributed by atoms with Crippen molar-refractivity contribution in [1.29, 1.82) is 0 Å². The lowest BCUT2D eigenvalue weighted by Crippen LogP contribution is -2.14. The van der Waals surface area contributed by atoms with Crippen LogP contribution in [-0.4, -0.2) is 25.1 Å². The molecule has 0 atom stereocenters. The number of rotatable bonds is 6. The third-order valence-electron chi connectivity index (χ3n) is 5.66. The molecule has 5 rings (SSSR count). The molecule has 0 amide bonds. The van der Waals surface area contributed by atoms with Crippen LogP contribution in [0.2, 0.25) is 0 Å². The highest BCUT2D eigenvalue weighted by molar-refractivity contribution is 7.92. The van der Waals surface area contributed by atoms with E-state index in [1.54, 1.807) is 43.8 Å². The van der Waals surface area contributed by atoms with Crippen LogP contribution in [0, 0.1) is 6.92 Å². The Morgan fingerprint density at radius 3 is 2.41 bits per heavy atom. The number of aryl methyl sites for hydroxylation is 1. The van der Waals surface area contributed by atoms with Crippen LogP contribution in [0.4, 0.5) is 5.69 Å². The third-order valence-corrected chi connectivity index (χ3v) is 7.10. The van der Waals surface area contributed by atoms with Crippen LogP contribution < -0.4 is 9.46 Å². The number of benzene rings is 4. The van der Waals surface area contributed by atoms with Crippen molar-refractivity contribution in [3.05, 3.63) is 103 Å². The Balaban J connectivity index is 1.51. The number of aromatic nitrogens is 2. The highest BCUT2D eigenvalue weighted by Gasteiger charge is 2.20. The maximum atomic E-state index is 13.5. The van der Waals surface area contributed by atoms with Crippen molar-refractivity contribution in [3.8, 4) is 22.6 Å². The first-order valence-electron chi connectivity index (χ1n) is 10.7. The Kier molecular flexibility index (Phi) is 5.55. The van der Waals surface area contributed by atoms with Gasteiger partial charge >= 0.3 is 0 Å². The maximum Gasteiger partial charge on any atom is 0.262 e. The molecule has 6 nitrogen and oxygen atoms in total. The standard InChI is InChI=1S/C27H23N3O3S/c1-19-17-30(18-28-19)25-14-13-23(16-26(25)33-2)29-34(31,32)27-10-6-5-9-24(27)22-12-11-20-7-3-4-8-21(20)15-22/h3-18,29H,1-2H3. The van der Waals surface area contributed by atoms with Crippen LogP contribution in [0.5, 0.6) is 5.75 Å². The summed E-state index contributed by atoms with van der Waals surface area (Å²) in [4.78, 5) is 4.45. The second-order valence-corrected chi connectivity index (χ2v) is 9.62. The molecule has 0 saturated carbocycles. The van der Waals surface area contributed by atoms with Crippen molar-refractivity contribution in [2.45, 2.75) is 11.8 Å². The Bertz CT molecular complexity index is 1610. The van der Waals surface area contributed by atoms with Gasteiger partial charge in [0, 0.05) is 17.8 Å². The summed E-state index contributed by atoms with van der Waals surface area (Å²) in [6.45, 7) is 1.90. The van der Waals surface area contributed by atoms with Crippen molar-refractivity contribution < 1.29 is 13.2 Å². The van der Waals surface area contributed by atoms with Gasteiger partial charge in [-0.1, -0.05) is 54.6 Å². The first-order valence-corrected chi connectivity index (χ1v) is 12.2. The molecule has 1 heterocycles. The molecule has 0 bridgehead atoms. The average molecular weight is 470 g/mol. The predicted molar refractivity (Wildman–Crippen MR) is 135 cm³/mol. The van der Waals surface area contributed by atoms with E-state index in [-0.39, 0.29) is 4.90 Å². The number of hydrogen-bond acceptors (Lipinski definition) is 4. The van der Waals surface area contributed by atoms with Crippen LogP contribution in [-0.2, 0) is 10.0 Å². The molecule has 0 radical (unpaired) electrons. The van der Waals surface area contributed by atoms with Crippen LogP contribution in [0.3, 0.4) is 0 Å². The zero-order chi connectivity index (χ0) is 23.7. The topological polar surface area (TPSA) is 73.2 Å². The number of fused-ring (bicyclic) bond motifs is 1. The van der Waals surface area contributed by atoms with Gasteiger partial charge in [0.2, 0.25) is 0 Å². The Morgan fingerprint density at radius 1 is 0.882 bits per heavy atom. The summed E-state index contributed by atoms with van der Waals surface area (Å²) < 4.78 is 37.0. The van der Waals surface area contributed by atoms with Gasteiger partial charge in [-0.05, 0) is 47.5 Å². The number of nitrogens with zero attached hydrogens (tertiary/aromatic N) is 2. The molecule has 0 saturated heterocycles. The van der Waals surface area contributed by atoms with Crippen molar-refractivity contribution in [2.75, 3.05) is 11.8 Å². The number of imidazole rings is 1. The minimum absolute atomic E-state index is 0.207. The third kappa shape index (κ3) is 4.13. The lowest BCUT2D eigenvalue weighted by Gasteiger charge is -2.15. The molecule has 0 fully saturated rings. The van der Waals surface area contributed by atoms with Gasteiger partial charge in [0.15, 0.2) is 0 Å². The zero-order valence-corrected chi connectivity index (χ0v) is 19.6. The molecule has 4 aromatic carbocycles. The molecule has 7 heteroatoms. The largest absolute Gasteiger partial charge is 0.494 e. The first kappa shape index (κ1) is 21.7. The Labute approximate surface area is 198 Å². The van der Waals surface area contributed by atoms with E-state index >= 15 is 0 Å². The summed E-state index contributed by atoms with van der Waals surface area (Å²) >= 11 is 0. The first-order chi connectivity index (χ1) is 16.4. The van der Waals surface area contributed by atoms with Crippen LogP contribution in [0.25, 0.3) is 27.6 Å². The average Bonchev–Trinajstić information content (AvgIpc) is 3.29. The van der Waals surface area contributed by atoms with Gasteiger partial charge in [0.1, 0.15) is 5.75 Å². The molecule has 34 heavy (non-hydrogen) atoms. The Morgan fingerprint density at radius 2 is 1.65 bits per heavy atom. The quantitative estimate of drug-likeness (QED) is 0.341. The minimum atomic E-state index is -3.87. The normalized spacial score (nSPS) is 11.5. The number of hydrogen-bond donors (Lipinski definition) is 1. The molecule has 0 unspecified atom stereocenters. The van der Waals surface area contributed by atoms with E-state index in [1.165, 1.54) is 0 Å². The second-order valence-electron chi connectivity index (χ2n) is 7.97. The maximum absolute atomic E-state index is 13.5. The summed E-state index contributed by atoms with van der Waals surface area (Å²) in [6, 6.07) is 26.1. The molecular weight excluding hydrogens is 446 g/mol. The molecule has 0 aliphatic heterocycles. The van der Waals surface area contributed by atoms with Crippen molar-refractivity contribution in [2.24, 2.45) is 0 Å². The van der Waals surface area contributed by atoms with Crippen LogP contribution in [0.1, 0.15) is 5.69 Å². The highest BCUT2D eigenvalue weighted by Crippen LogP contribution is 2.32. The lowest BCUT2D eigenvalue weighted by atomic mass is 10.0. The number of nitrogens with one attached hydrogen (secondary N) is 1. The molecule has 0 aliphatic carbocycles. The number of anilines is 1. The van der Waals surface area contributed by atoms with Gasteiger partial charge in [0.05, 0.1) is 35.4 Å². The van der Waals surface area contributed by atoms with E-state index in [2.05, 4.69) is 9.71 Å². The number of sulfonamides is 1. The molecule has 1 aromatic heterocycles. The summed E-state index contributed by atoms with van der Waals surface area (Å²) in [5.41, 5.74) is 3.52. The van der Waals surface area contributed by atoms with Gasteiger partial charge in [0.25, 0.3) is 10.0 Å². The van der Waals surface area contributed by atoms with Crippen LogP contribution >= 0.6 is 0 Å². The Hall–Kier alpha value is -4.10. The molecule has 1 N–H and O–H groups in total.